The van der Waals surface area contributed by atoms with E-state index in [0.29, 0.717) is 12.1 Å². The Labute approximate surface area is 88.5 Å². The van der Waals surface area contributed by atoms with Gasteiger partial charge < -0.3 is 5.32 Å². The normalized spacial score (nSPS) is 24.2. The largest absolute Gasteiger partial charge is 0.312 e. The lowest BCUT2D eigenvalue weighted by molar-refractivity contribution is 0.490. The van der Waals surface area contributed by atoms with Crippen LogP contribution in [0.15, 0.2) is 18.2 Å². The first kappa shape index (κ1) is 10.6. The number of hydrogen-bond donors (Lipinski definition) is 1. The molecule has 2 rings (SSSR count). The molecule has 1 aliphatic rings. The molecule has 3 heteroatoms. The summed E-state index contributed by atoms with van der Waals surface area (Å²) < 4.78 is 26.0. The van der Waals surface area contributed by atoms with E-state index in [1.807, 2.05) is 0 Å². The Morgan fingerprint density at radius 2 is 2.13 bits per heavy atom. The van der Waals surface area contributed by atoms with Crippen molar-refractivity contribution in [1.29, 1.82) is 0 Å². The van der Waals surface area contributed by atoms with Gasteiger partial charge in [-0.1, -0.05) is 19.1 Å². The van der Waals surface area contributed by atoms with Gasteiger partial charge in [-0.05, 0) is 30.9 Å². The van der Waals surface area contributed by atoms with Crippen molar-refractivity contribution < 1.29 is 8.78 Å². The molecule has 0 bridgehead atoms. The van der Waals surface area contributed by atoms with Crippen LogP contribution in [0.4, 0.5) is 8.78 Å². The molecule has 0 aromatic heterocycles. The van der Waals surface area contributed by atoms with Crippen molar-refractivity contribution in [1.82, 2.24) is 5.32 Å². The molecule has 0 amide bonds. The highest BCUT2D eigenvalue weighted by molar-refractivity contribution is 5.18. The van der Waals surface area contributed by atoms with Gasteiger partial charge in [0.1, 0.15) is 0 Å². The van der Waals surface area contributed by atoms with Crippen LogP contribution in [0.25, 0.3) is 0 Å². The Balaban J connectivity index is 1.85. The van der Waals surface area contributed by atoms with E-state index in [-0.39, 0.29) is 0 Å². The molecule has 0 heterocycles. The van der Waals surface area contributed by atoms with E-state index in [1.165, 1.54) is 12.5 Å². The first-order valence-electron chi connectivity index (χ1n) is 5.32. The van der Waals surface area contributed by atoms with Crippen molar-refractivity contribution in [3.05, 3.63) is 35.4 Å². The van der Waals surface area contributed by atoms with Gasteiger partial charge in [-0.25, -0.2) is 8.78 Å². The van der Waals surface area contributed by atoms with Crippen molar-refractivity contribution >= 4 is 0 Å². The summed E-state index contributed by atoms with van der Waals surface area (Å²) in [4.78, 5) is 0. The summed E-state index contributed by atoms with van der Waals surface area (Å²) in [5.74, 6) is 0.0133. The summed E-state index contributed by atoms with van der Waals surface area (Å²) in [6.07, 6.45) is 1.25. The number of halogens is 2. The molecule has 2 atom stereocenters. The number of nitrogens with one attached hydrogen (secondary N) is 1. The average molecular weight is 211 g/mol. The van der Waals surface area contributed by atoms with E-state index in [2.05, 4.69) is 12.2 Å². The Bertz CT molecular complexity index is 351. The summed E-state index contributed by atoms with van der Waals surface area (Å²) in [5.41, 5.74) is 0.406. The predicted molar refractivity (Wildman–Crippen MR) is 55.3 cm³/mol. The van der Waals surface area contributed by atoms with Crippen LogP contribution in [0, 0.1) is 23.5 Å². The first-order chi connectivity index (χ1) is 7.18. The molecule has 1 aliphatic carbocycles. The molecule has 1 nitrogen and oxygen atoms in total. The van der Waals surface area contributed by atoms with E-state index >= 15 is 0 Å². The molecule has 1 fully saturated rings. The summed E-state index contributed by atoms with van der Waals surface area (Å²) in [7, 11) is 0. The van der Waals surface area contributed by atoms with Gasteiger partial charge in [0.05, 0.1) is 0 Å². The summed E-state index contributed by atoms with van der Waals surface area (Å²) in [5, 5.41) is 3.16. The van der Waals surface area contributed by atoms with Crippen LogP contribution in [-0.4, -0.2) is 6.54 Å². The summed E-state index contributed by atoms with van der Waals surface area (Å²) in [6, 6.07) is 4.29. The third-order valence-electron chi connectivity index (χ3n) is 3.03. The fraction of sp³-hybridized carbons (Fsp3) is 0.500. The quantitative estimate of drug-likeness (QED) is 0.807. The van der Waals surface area contributed by atoms with Gasteiger partial charge in [-0.3, -0.25) is 0 Å². The Hall–Kier alpha value is -0.960. The van der Waals surface area contributed by atoms with Crippen molar-refractivity contribution in [2.24, 2.45) is 11.8 Å². The van der Waals surface area contributed by atoms with Crippen molar-refractivity contribution in [2.45, 2.75) is 19.9 Å². The second-order valence-electron chi connectivity index (χ2n) is 4.32. The molecule has 1 saturated carbocycles. The summed E-state index contributed by atoms with van der Waals surface area (Å²) >= 11 is 0. The molecule has 1 aromatic carbocycles. The molecule has 82 valence electrons. The highest BCUT2D eigenvalue weighted by Crippen LogP contribution is 2.36. The molecule has 0 radical (unpaired) electrons. The predicted octanol–water partition coefficient (Wildman–Crippen LogP) is 2.71. The minimum atomic E-state index is -0.769. The lowest BCUT2D eigenvalue weighted by Gasteiger charge is -2.05. The minimum absolute atomic E-state index is 0.406. The van der Waals surface area contributed by atoms with Gasteiger partial charge in [-0.2, -0.15) is 0 Å². The molecule has 2 unspecified atom stereocenters. The van der Waals surface area contributed by atoms with E-state index in [9.17, 15) is 8.78 Å². The van der Waals surface area contributed by atoms with Crippen molar-refractivity contribution in [2.75, 3.05) is 6.54 Å². The molecule has 0 spiro atoms. The lowest BCUT2D eigenvalue weighted by Crippen LogP contribution is -2.17. The van der Waals surface area contributed by atoms with Crippen LogP contribution in [0.1, 0.15) is 18.9 Å². The Kier molecular flexibility index (Phi) is 3.00. The Morgan fingerprint density at radius 3 is 2.80 bits per heavy atom. The van der Waals surface area contributed by atoms with Crippen LogP contribution in [-0.2, 0) is 6.54 Å². The zero-order chi connectivity index (χ0) is 10.8. The third kappa shape index (κ3) is 2.53. The van der Waals surface area contributed by atoms with Gasteiger partial charge in [0.15, 0.2) is 11.6 Å². The molecular weight excluding hydrogens is 196 g/mol. The highest BCUT2D eigenvalue weighted by Gasteiger charge is 2.31. The van der Waals surface area contributed by atoms with Crippen LogP contribution < -0.4 is 5.32 Å². The third-order valence-corrected chi connectivity index (χ3v) is 3.03. The molecule has 0 aliphatic heterocycles. The lowest BCUT2D eigenvalue weighted by atomic mass is 10.2. The van der Waals surface area contributed by atoms with Crippen LogP contribution >= 0.6 is 0 Å². The SMILES string of the molecule is CC1CC1CNCc1cccc(F)c1F. The maximum atomic E-state index is 13.2. The molecule has 1 aromatic rings. The topological polar surface area (TPSA) is 12.0 Å². The fourth-order valence-corrected chi connectivity index (χ4v) is 1.76. The standard InChI is InChI=1S/C12H15F2N/c1-8-5-10(8)7-15-6-9-3-2-4-11(13)12(9)14/h2-4,8,10,15H,5-7H2,1H3. The second-order valence-corrected chi connectivity index (χ2v) is 4.32. The number of hydrogen-bond acceptors (Lipinski definition) is 1. The van der Waals surface area contributed by atoms with Crippen LogP contribution in [0.5, 0.6) is 0 Å². The Morgan fingerprint density at radius 1 is 1.40 bits per heavy atom. The highest BCUT2D eigenvalue weighted by atomic mass is 19.2. The smallest absolute Gasteiger partial charge is 0.163 e. The monoisotopic (exact) mass is 211 g/mol. The maximum Gasteiger partial charge on any atom is 0.163 e. The molecule has 1 N–H and O–H groups in total. The van der Waals surface area contributed by atoms with Gasteiger partial charge in [0.25, 0.3) is 0 Å². The fourth-order valence-electron chi connectivity index (χ4n) is 1.76. The summed E-state index contributed by atoms with van der Waals surface area (Å²) in [6.45, 7) is 3.51. The van der Waals surface area contributed by atoms with Crippen molar-refractivity contribution in [3.63, 3.8) is 0 Å². The maximum absolute atomic E-state index is 13.2. The molecule has 0 saturated heterocycles. The molecule has 15 heavy (non-hydrogen) atoms. The van der Waals surface area contributed by atoms with E-state index in [1.54, 1.807) is 6.07 Å². The van der Waals surface area contributed by atoms with E-state index in [4.69, 9.17) is 0 Å². The number of rotatable bonds is 4. The van der Waals surface area contributed by atoms with E-state index < -0.39 is 11.6 Å². The van der Waals surface area contributed by atoms with Gasteiger partial charge in [-0.15, -0.1) is 0 Å². The number of benzene rings is 1. The first-order valence-corrected chi connectivity index (χ1v) is 5.32. The van der Waals surface area contributed by atoms with Gasteiger partial charge in [0.2, 0.25) is 0 Å². The zero-order valence-corrected chi connectivity index (χ0v) is 8.76. The molecular formula is C12H15F2N. The van der Waals surface area contributed by atoms with Gasteiger partial charge >= 0.3 is 0 Å². The second kappa shape index (κ2) is 4.27. The van der Waals surface area contributed by atoms with E-state index in [0.717, 1.165) is 24.4 Å². The average Bonchev–Trinajstić information content (AvgIpc) is 2.89. The van der Waals surface area contributed by atoms with Crippen LogP contribution in [0.3, 0.4) is 0 Å². The zero-order valence-electron chi connectivity index (χ0n) is 8.76. The van der Waals surface area contributed by atoms with Gasteiger partial charge in [0, 0.05) is 12.1 Å². The van der Waals surface area contributed by atoms with Crippen LogP contribution in [0.2, 0.25) is 0 Å². The van der Waals surface area contributed by atoms with Crippen molar-refractivity contribution in [3.8, 4) is 0 Å². The minimum Gasteiger partial charge on any atom is -0.312 e.